The van der Waals surface area contributed by atoms with Crippen LogP contribution < -0.4 is 21.1 Å². The lowest BCUT2D eigenvalue weighted by Crippen LogP contribution is -2.22. The molecule has 1 aromatic carbocycles. The van der Waals surface area contributed by atoms with Gasteiger partial charge in [-0.05, 0) is 36.5 Å². The Kier molecular flexibility index (Phi) is 7.48. The predicted molar refractivity (Wildman–Crippen MR) is 143 cm³/mol. The largest absolute Gasteiger partial charge is 0.481 e. The highest BCUT2D eigenvalue weighted by molar-refractivity contribution is 6.09. The topological polar surface area (TPSA) is 112 Å². The molecule has 0 bridgehead atoms. The average Bonchev–Trinajstić information content (AvgIpc) is 3.51. The zero-order chi connectivity index (χ0) is 24.9. The van der Waals surface area contributed by atoms with Crippen molar-refractivity contribution >= 4 is 33.7 Å². The van der Waals surface area contributed by atoms with E-state index in [1.54, 1.807) is 7.11 Å². The normalized spacial score (nSPS) is 15.7. The molecule has 5 rings (SSSR count). The minimum absolute atomic E-state index is 0.268. The number of nitrogens with two attached hydrogens (primary N) is 1. The molecule has 1 unspecified atom stereocenters. The number of benzene rings is 1. The number of aromatic nitrogens is 4. The van der Waals surface area contributed by atoms with E-state index >= 15 is 0 Å². The predicted octanol–water partition coefficient (Wildman–Crippen LogP) is 3.96. The summed E-state index contributed by atoms with van der Waals surface area (Å²) < 4.78 is 13.4. The van der Waals surface area contributed by atoms with Gasteiger partial charge in [-0.3, -0.25) is 0 Å². The number of pyridine rings is 1. The first-order valence-electron chi connectivity index (χ1n) is 12.8. The Morgan fingerprint density at radius 3 is 2.94 bits per heavy atom. The zero-order valence-corrected chi connectivity index (χ0v) is 21.1. The maximum atomic E-state index is 6.12. The monoisotopic (exact) mass is 489 g/mol. The Morgan fingerprint density at radius 2 is 2.14 bits per heavy atom. The molecule has 36 heavy (non-hydrogen) atoms. The van der Waals surface area contributed by atoms with Gasteiger partial charge in [-0.15, -0.1) is 0 Å². The third-order valence-corrected chi connectivity index (χ3v) is 6.73. The standard InChI is InChI=1S/C27H35N7O2/c1-3-4-10-30-25-24-23(32-27(28)33-25)21-7-5-6-8-22(21)34(24)16-20-12-19(15-31-26(20)35-2)14-29-13-18-9-11-36-17-18/h5-8,12,15,18,29H,3-4,9-11,13-14,16-17H2,1-2H3,(H3,28,30,32,33). The Balaban J connectivity index is 1.51. The fourth-order valence-electron chi connectivity index (χ4n) is 4.89. The summed E-state index contributed by atoms with van der Waals surface area (Å²) in [6.45, 7) is 6.96. The lowest BCUT2D eigenvalue weighted by Gasteiger charge is -2.15. The van der Waals surface area contributed by atoms with Gasteiger partial charge >= 0.3 is 0 Å². The van der Waals surface area contributed by atoms with Gasteiger partial charge in [-0.2, -0.15) is 4.98 Å². The first-order chi connectivity index (χ1) is 17.7. The van der Waals surface area contributed by atoms with Crippen LogP contribution in [0.5, 0.6) is 5.88 Å². The van der Waals surface area contributed by atoms with Crippen molar-refractivity contribution in [1.29, 1.82) is 0 Å². The van der Waals surface area contributed by atoms with Gasteiger partial charge in [0.25, 0.3) is 0 Å². The van der Waals surface area contributed by atoms with Crippen LogP contribution in [0.1, 0.15) is 37.3 Å². The first kappa shape index (κ1) is 24.3. The minimum Gasteiger partial charge on any atom is -0.481 e. The second-order valence-electron chi connectivity index (χ2n) is 9.38. The van der Waals surface area contributed by atoms with Crippen LogP contribution in [-0.2, 0) is 17.8 Å². The number of hydrogen-bond acceptors (Lipinski definition) is 8. The van der Waals surface area contributed by atoms with Crippen molar-refractivity contribution in [3.8, 4) is 5.88 Å². The summed E-state index contributed by atoms with van der Waals surface area (Å²) in [4.78, 5) is 13.8. The van der Waals surface area contributed by atoms with E-state index in [1.165, 1.54) is 0 Å². The summed E-state index contributed by atoms with van der Waals surface area (Å²) in [5, 5.41) is 8.10. The molecule has 1 saturated heterocycles. The molecule has 4 N–H and O–H groups in total. The number of fused-ring (bicyclic) bond motifs is 3. The molecule has 1 fully saturated rings. The fourth-order valence-corrected chi connectivity index (χ4v) is 4.89. The summed E-state index contributed by atoms with van der Waals surface area (Å²) >= 11 is 0. The van der Waals surface area contributed by atoms with Crippen LogP contribution in [0.25, 0.3) is 21.9 Å². The van der Waals surface area contributed by atoms with Crippen molar-refractivity contribution in [1.82, 2.24) is 24.8 Å². The molecule has 4 aromatic rings. The van der Waals surface area contributed by atoms with Crippen LogP contribution in [0, 0.1) is 5.92 Å². The maximum absolute atomic E-state index is 6.12. The molecule has 1 aliphatic rings. The molecular weight excluding hydrogens is 454 g/mol. The van der Waals surface area contributed by atoms with Gasteiger partial charge in [0.1, 0.15) is 11.0 Å². The number of nitrogens with one attached hydrogen (secondary N) is 2. The number of methoxy groups -OCH3 is 1. The molecule has 1 atom stereocenters. The van der Waals surface area contributed by atoms with Crippen LogP contribution in [0.2, 0.25) is 0 Å². The lowest BCUT2D eigenvalue weighted by atomic mass is 10.1. The number of rotatable bonds is 11. The molecule has 0 radical (unpaired) electrons. The van der Waals surface area contributed by atoms with E-state index < -0.39 is 0 Å². The van der Waals surface area contributed by atoms with E-state index in [1.807, 2.05) is 18.3 Å². The molecule has 0 saturated carbocycles. The fraction of sp³-hybridized carbons (Fsp3) is 0.444. The number of unbranched alkanes of at least 4 members (excludes halogenated alkanes) is 1. The third kappa shape index (κ3) is 5.08. The van der Waals surface area contributed by atoms with Crippen LogP contribution in [0.4, 0.5) is 11.8 Å². The van der Waals surface area contributed by atoms with Crippen molar-refractivity contribution in [2.75, 3.05) is 44.5 Å². The van der Waals surface area contributed by atoms with E-state index in [4.69, 9.17) is 15.2 Å². The third-order valence-electron chi connectivity index (χ3n) is 6.73. The minimum atomic E-state index is 0.268. The Hall–Kier alpha value is -3.43. The first-order valence-corrected chi connectivity index (χ1v) is 12.8. The van der Waals surface area contributed by atoms with E-state index in [9.17, 15) is 0 Å². The van der Waals surface area contributed by atoms with Crippen molar-refractivity contribution in [2.24, 2.45) is 5.92 Å². The van der Waals surface area contributed by atoms with Crippen LogP contribution in [0.15, 0.2) is 36.5 Å². The molecular formula is C27H35N7O2. The molecule has 0 spiro atoms. The summed E-state index contributed by atoms with van der Waals surface area (Å²) in [6, 6.07) is 10.4. The molecule has 0 aliphatic carbocycles. The second kappa shape index (κ2) is 11.1. The Morgan fingerprint density at radius 1 is 1.25 bits per heavy atom. The van der Waals surface area contributed by atoms with Gasteiger partial charge in [0.05, 0.1) is 25.8 Å². The van der Waals surface area contributed by atoms with Gasteiger partial charge < -0.3 is 30.4 Å². The molecule has 1 aliphatic heterocycles. The quantitative estimate of drug-likeness (QED) is 0.272. The number of ether oxygens (including phenoxy) is 2. The summed E-state index contributed by atoms with van der Waals surface area (Å²) in [5.74, 6) is 2.22. The number of anilines is 2. The Bertz CT molecular complexity index is 1330. The van der Waals surface area contributed by atoms with Crippen molar-refractivity contribution < 1.29 is 9.47 Å². The summed E-state index contributed by atoms with van der Waals surface area (Å²) in [5.41, 5.74) is 11.1. The molecule has 9 heteroatoms. The average molecular weight is 490 g/mol. The maximum Gasteiger partial charge on any atom is 0.222 e. The highest BCUT2D eigenvalue weighted by Gasteiger charge is 2.20. The van der Waals surface area contributed by atoms with Crippen molar-refractivity contribution in [3.05, 3.63) is 47.7 Å². The SMILES string of the molecule is CCCCNc1nc(N)nc2c3ccccc3n(Cc3cc(CNCC4CCOC4)cnc3OC)c12. The highest BCUT2D eigenvalue weighted by atomic mass is 16.5. The van der Waals surface area contributed by atoms with Crippen LogP contribution in [0.3, 0.4) is 0 Å². The molecule has 4 heterocycles. The molecule has 3 aromatic heterocycles. The second-order valence-corrected chi connectivity index (χ2v) is 9.38. The Labute approximate surface area is 211 Å². The van der Waals surface area contributed by atoms with Crippen molar-refractivity contribution in [2.45, 2.75) is 39.3 Å². The number of para-hydroxylation sites is 1. The van der Waals surface area contributed by atoms with Gasteiger partial charge in [0.2, 0.25) is 11.8 Å². The highest BCUT2D eigenvalue weighted by Crippen LogP contribution is 2.33. The lowest BCUT2D eigenvalue weighted by molar-refractivity contribution is 0.185. The van der Waals surface area contributed by atoms with Crippen LogP contribution >= 0.6 is 0 Å². The van der Waals surface area contributed by atoms with Gasteiger partial charge in [0, 0.05) is 43.4 Å². The number of nitrogen functional groups attached to an aromatic ring is 1. The molecule has 9 nitrogen and oxygen atoms in total. The molecule has 190 valence electrons. The van der Waals surface area contributed by atoms with Gasteiger partial charge in [0.15, 0.2) is 5.82 Å². The zero-order valence-electron chi connectivity index (χ0n) is 21.1. The van der Waals surface area contributed by atoms with E-state index in [0.717, 1.165) is 91.0 Å². The van der Waals surface area contributed by atoms with E-state index in [0.29, 0.717) is 18.3 Å². The summed E-state index contributed by atoms with van der Waals surface area (Å²) in [6.07, 6.45) is 5.14. The van der Waals surface area contributed by atoms with Crippen molar-refractivity contribution in [3.63, 3.8) is 0 Å². The van der Waals surface area contributed by atoms with Gasteiger partial charge in [-0.1, -0.05) is 31.5 Å². The smallest absolute Gasteiger partial charge is 0.222 e. The van der Waals surface area contributed by atoms with Crippen LogP contribution in [-0.4, -0.2) is 52.9 Å². The number of nitrogens with zero attached hydrogens (tertiary/aromatic N) is 4. The van der Waals surface area contributed by atoms with Gasteiger partial charge in [-0.25, -0.2) is 9.97 Å². The molecule has 0 amide bonds. The number of hydrogen-bond donors (Lipinski definition) is 3. The summed E-state index contributed by atoms with van der Waals surface area (Å²) in [7, 11) is 1.66. The van der Waals surface area contributed by atoms with E-state index in [-0.39, 0.29) is 5.95 Å². The van der Waals surface area contributed by atoms with E-state index in [2.05, 4.69) is 55.3 Å².